The zero-order valence-corrected chi connectivity index (χ0v) is 22.8. The van der Waals surface area contributed by atoms with Gasteiger partial charge in [-0.05, 0) is 55.7 Å². The van der Waals surface area contributed by atoms with Gasteiger partial charge in [-0.2, -0.15) is 0 Å². The Morgan fingerprint density at radius 1 is 0.806 bits per heavy atom. The molecule has 0 fully saturated rings. The van der Waals surface area contributed by atoms with Crippen LogP contribution in [-0.4, -0.2) is 42.7 Å². The number of unbranched alkanes of at least 4 members (excludes halogenated alkanes) is 1. The van der Waals surface area contributed by atoms with Crippen LogP contribution in [0.5, 0.6) is 0 Å². The normalized spacial score (nSPS) is 11.6. The number of guanidine groups is 1. The second kappa shape index (κ2) is 12.7. The molecule has 1 amide bonds. The van der Waals surface area contributed by atoms with E-state index in [9.17, 15) is 4.79 Å². The largest absolute Gasteiger partial charge is 0.356 e. The summed E-state index contributed by atoms with van der Waals surface area (Å²) in [7, 11) is 0.0131. The maximum Gasteiger partial charge on any atom is 0.340 e. The number of hydrogen-bond acceptors (Lipinski definition) is 1. The van der Waals surface area contributed by atoms with Gasteiger partial charge in [-0.3, -0.25) is 20.8 Å². The van der Waals surface area contributed by atoms with Gasteiger partial charge in [0.25, 0.3) is 0 Å². The summed E-state index contributed by atoms with van der Waals surface area (Å²) in [6, 6.07) is 32.8. The van der Waals surface area contributed by atoms with Crippen molar-refractivity contribution in [2.45, 2.75) is 33.1 Å². The lowest BCUT2D eigenvalue weighted by molar-refractivity contribution is -0.501. The van der Waals surface area contributed by atoms with E-state index in [4.69, 9.17) is 11.5 Å². The van der Waals surface area contributed by atoms with E-state index in [0.717, 1.165) is 19.0 Å². The van der Waals surface area contributed by atoms with Gasteiger partial charge >= 0.3 is 5.96 Å². The Bertz CT molecular complexity index is 1030. The summed E-state index contributed by atoms with van der Waals surface area (Å²) in [4.78, 5) is 12.9. The van der Waals surface area contributed by atoms with Gasteiger partial charge in [-0.1, -0.05) is 68.4 Å². The lowest BCUT2D eigenvalue weighted by Gasteiger charge is -2.28. The molecule has 0 heterocycles. The molecule has 3 aromatic carbocycles. The van der Waals surface area contributed by atoms with Crippen LogP contribution in [-0.2, 0) is 4.79 Å². The number of carbonyl (C=O) groups excluding carboxylic acids is 1. The predicted octanol–water partition coefficient (Wildman–Crippen LogP) is 3.21. The fourth-order valence-corrected chi connectivity index (χ4v) is 8.90. The number of nitrogens with zero attached hydrogens (tertiary/aromatic N) is 1. The Kier molecular flexibility index (Phi) is 9.66. The van der Waals surface area contributed by atoms with E-state index >= 15 is 0 Å². The maximum atomic E-state index is 12.9. The van der Waals surface area contributed by atoms with E-state index < -0.39 is 12.7 Å². The molecule has 0 aromatic heterocycles. The van der Waals surface area contributed by atoms with Gasteiger partial charge in [-0.15, -0.1) is 0 Å². The average molecular weight is 505 g/mol. The molecule has 0 aliphatic carbocycles. The molecule has 0 aliphatic rings. The number of nitrogens with two attached hydrogens (primary N) is 2. The van der Waals surface area contributed by atoms with Gasteiger partial charge in [0, 0.05) is 12.0 Å². The van der Waals surface area contributed by atoms with Crippen molar-refractivity contribution in [3.05, 3.63) is 91.0 Å². The summed E-state index contributed by atoms with van der Waals surface area (Å²) in [5, 5.41) is 7.36. The van der Waals surface area contributed by atoms with Gasteiger partial charge in [0.15, 0.2) is 0 Å². The smallest absolute Gasteiger partial charge is 0.340 e. The van der Waals surface area contributed by atoms with Crippen molar-refractivity contribution in [2.75, 3.05) is 26.3 Å². The highest BCUT2D eigenvalue weighted by molar-refractivity contribution is 7.95. The van der Waals surface area contributed by atoms with Crippen LogP contribution in [0.1, 0.15) is 33.1 Å². The third-order valence-corrected chi connectivity index (χ3v) is 11.5. The van der Waals surface area contributed by atoms with Gasteiger partial charge in [0.05, 0.1) is 19.8 Å². The molecule has 0 atom stereocenters. The van der Waals surface area contributed by atoms with Crippen molar-refractivity contribution in [1.82, 2.24) is 5.32 Å². The summed E-state index contributed by atoms with van der Waals surface area (Å²) >= 11 is 0. The third kappa shape index (κ3) is 6.73. The summed E-state index contributed by atoms with van der Waals surface area (Å²) in [5.41, 5.74) is 10.8. The molecule has 6 heteroatoms. The minimum Gasteiger partial charge on any atom is -0.356 e. The summed E-state index contributed by atoms with van der Waals surface area (Å²) in [5.74, 6) is 0.343. The van der Waals surface area contributed by atoms with E-state index in [-0.39, 0.29) is 11.9 Å². The molecule has 3 aromatic rings. The van der Waals surface area contributed by atoms with Gasteiger partial charge in [-0.25, -0.2) is 0 Å². The third-order valence-electron chi connectivity index (χ3n) is 6.92. The quantitative estimate of drug-likeness (QED) is 0.116. The summed E-state index contributed by atoms with van der Waals surface area (Å²) in [6.45, 7) is 5.25. The van der Waals surface area contributed by atoms with Crippen LogP contribution in [0.2, 0.25) is 0 Å². The monoisotopic (exact) mass is 504 g/mol. The van der Waals surface area contributed by atoms with Crippen LogP contribution in [0.3, 0.4) is 0 Å². The number of rotatable bonds is 12. The summed E-state index contributed by atoms with van der Waals surface area (Å²) < 4.78 is 1.77. The highest BCUT2D eigenvalue weighted by Gasteiger charge is 2.44. The van der Waals surface area contributed by atoms with Crippen molar-refractivity contribution in [1.29, 1.82) is 0 Å². The lowest BCUT2D eigenvalue weighted by atomic mass is 9.88. The second-order valence-corrected chi connectivity index (χ2v) is 13.6. The molecule has 0 spiro atoms. The summed E-state index contributed by atoms with van der Waals surface area (Å²) in [6.07, 6.45) is 3.69. The van der Waals surface area contributed by atoms with Crippen LogP contribution >= 0.6 is 7.26 Å². The minimum absolute atomic E-state index is 0.0710. The lowest BCUT2D eigenvalue weighted by Crippen LogP contribution is -2.40. The Morgan fingerprint density at radius 2 is 1.25 bits per heavy atom. The van der Waals surface area contributed by atoms with Crippen molar-refractivity contribution in [3.8, 4) is 0 Å². The first-order valence-electron chi connectivity index (χ1n) is 12.7. The molecule has 36 heavy (non-hydrogen) atoms. The van der Waals surface area contributed by atoms with E-state index in [2.05, 4.69) is 96.3 Å². The standard InChI is InChI=1S/C30H39N4OP/c1-30(2,21-23-34(3)29(31)32)28(35)33-22-13-14-24-36(25-15-7-4-8-16-25,26-17-9-5-10-18-26)27-19-11-6-12-20-27/h4-12,15-20H,13-14,21-24H2,1-3H3,(H3-,31,32,33,35)/p+2. The molecule has 190 valence electrons. The molecule has 0 unspecified atom stereocenters. The number of amides is 1. The Morgan fingerprint density at radius 3 is 1.67 bits per heavy atom. The Hall–Kier alpha value is -3.17. The molecule has 0 saturated heterocycles. The maximum absolute atomic E-state index is 12.9. The van der Waals surface area contributed by atoms with E-state index in [0.29, 0.717) is 19.5 Å². The van der Waals surface area contributed by atoms with E-state index in [1.165, 1.54) is 15.9 Å². The molecule has 0 saturated carbocycles. The molecule has 3 rings (SSSR count). The molecule has 0 bridgehead atoms. The van der Waals surface area contributed by atoms with Crippen LogP contribution < -0.4 is 32.7 Å². The van der Waals surface area contributed by atoms with Crippen molar-refractivity contribution in [2.24, 2.45) is 16.9 Å². The Labute approximate surface area is 217 Å². The first-order valence-corrected chi connectivity index (χ1v) is 14.7. The number of carbonyl (C=O) groups is 1. The van der Waals surface area contributed by atoms with Crippen LogP contribution in [0.15, 0.2) is 91.0 Å². The first-order chi connectivity index (χ1) is 17.3. The number of hydrogen-bond donors (Lipinski definition) is 3. The zero-order valence-electron chi connectivity index (χ0n) is 21.9. The predicted molar refractivity (Wildman–Crippen MR) is 155 cm³/mol. The minimum atomic E-state index is -1.83. The molecular formula is C30H41N4OP+2. The van der Waals surface area contributed by atoms with Crippen LogP contribution in [0.4, 0.5) is 0 Å². The molecule has 0 aliphatic heterocycles. The fraction of sp³-hybridized carbons (Fsp3) is 0.333. The number of nitrogens with one attached hydrogen (secondary N) is 1. The first kappa shape index (κ1) is 27.4. The van der Waals surface area contributed by atoms with E-state index in [1.807, 2.05) is 20.9 Å². The van der Waals surface area contributed by atoms with Gasteiger partial charge < -0.3 is 5.32 Å². The average Bonchev–Trinajstić information content (AvgIpc) is 2.90. The van der Waals surface area contributed by atoms with Crippen molar-refractivity contribution in [3.63, 3.8) is 0 Å². The Balaban J connectivity index is 1.72. The highest BCUT2D eigenvalue weighted by atomic mass is 31.2. The number of benzene rings is 3. The molecule has 5 N–H and O–H groups in total. The van der Waals surface area contributed by atoms with Crippen molar-refractivity contribution < 1.29 is 9.37 Å². The van der Waals surface area contributed by atoms with Crippen LogP contribution in [0.25, 0.3) is 0 Å². The zero-order chi connectivity index (χ0) is 26.0. The van der Waals surface area contributed by atoms with Gasteiger partial charge in [0.1, 0.15) is 23.2 Å². The van der Waals surface area contributed by atoms with Crippen LogP contribution in [0, 0.1) is 5.41 Å². The molecule has 0 radical (unpaired) electrons. The second-order valence-electron chi connectivity index (χ2n) is 9.98. The van der Waals surface area contributed by atoms with E-state index in [1.54, 1.807) is 4.58 Å². The van der Waals surface area contributed by atoms with Crippen molar-refractivity contribution >= 4 is 35.0 Å². The molecular weight excluding hydrogens is 463 g/mol. The topological polar surface area (TPSA) is 84.1 Å². The fourth-order valence-electron chi connectivity index (χ4n) is 4.49. The van der Waals surface area contributed by atoms with Gasteiger partial charge in [0.2, 0.25) is 5.91 Å². The highest BCUT2D eigenvalue weighted by Crippen LogP contribution is 2.55. The SMILES string of the molecule is C[N+](CCC(C)(C)C(=O)NCCCC[P+](c1ccccc1)(c1ccccc1)c1ccccc1)=C(N)N. The molecule has 5 nitrogen and oxygen atoms in total.